The topological polar surface area (TPSA) is 41.6 Å². The van der Waals surface area contributed by atoms with Gasteiger partial charge in [-0.15, -0.1) is 0 Å². The summed E-state index contributed by atoms with van der Waals surface area (Å²) in [5.74, 6) is 0.609. The van der Waals surface area contributed by atoms with E-state index in [1.807, 2.05) is 25.7 Å². The summed E-state index contributed by atoms with van der Waals surface area (Å²) in [4.78, 5) is 14.4. The first-order valence-electron chi connectivity index (χ1n) is 8.64. The van der Waals surface area contributed by atoms with Crippen molar-refractivity contribution in [3.63, 3.8) is 0 Å². The van der Waals surface area contributed by atoms with Crippen LogP contribution in [0.3, 0.4) is 0 Å². The lowest BCUT2D eigenvalue weighted by Gasteiger charge is -2.28. The largest absolute Gasteiger partial charge is 0.444 e. The van der Waals surface area contributed by atoms with E-state index in [1.165, 1.54) is 19.3 Å². The fraction of sp³-hybridized carbons (Fsp3) is 0.941. The summed E-state index contributed by atoms with van der Waals surface area (Å²) < 4.78 is 5.57. The number of rotatable bonds is 6. The molecule has 4 nitrogen and oxygen atoms in total. The normalized spacial score (nSPS) is 28.2. The lowest BCUT2D eigenvalue weighted by molar-refractivity contribution is 0.0205. The molecule has 2 heterocycles. The minimum absolute atomic E-state index is 0.108. The average Bonchev–Trinajstić information content (AvgIpc) is 2.93. The third kappa shape index (κ3) is 4.35. The monoisotopic (exact) mass is 296 g/mol. The number of hydrogen-bond donors (Lipinski definition) is 1. The first-order valence-corrected chi connectivity index (χ1v) is 8.64. The molecule has 2 aliphatic rings. The minimum atomic E-state index is -0.396. The zero-order valence-corrected chi connectivity index (χ0v) is 14.2. The smallest absolute Gasteiger partial charge is 0.410 e. The number of nitrogens with one attached hydrogen (secondary N) is 1. The molecule has 0 radical (unpaired) electrons. The number of fused-ring (bicyclic) bond motifs is 2. The molecule has 2 fully saturated rings. The third-order valence-electron chi connectivity index (χ3n) is 4.63. The zero-order valence-electron chi connectivity index (χ0n) is 14.2. The van der Waals surface area contributed by atoms with Crippen LogP contribution in [0.5, 0.6) is 0 Å². The van der Waals surface area contributed by atoms with Gasteiger partial charge in [0.1, 0.15) is 5.60 Å². The molecule has 21 heavy (non-hydrogen) atoms. The summed E-state index contributed by atoms with van der Waals surface area (Å²) in [6.45, 7) is 10.2. The van der Waals surface area contributed by atoms with Gasteiger partial charge >= 0.3 is 6.09 Å². The van der Waals surface area contributed by atoms with Gasteiger partial charge in [0.05, 0.1) is 0 Å². The van der Waals surface area contributed by atoms with Crippen LogP contribution in [0.4, 0.5) is 4.79 Å². The van der Waals surface area contributed by atoms with Crippen LogP contribution in [0.2, 0.25) is 0 Å². The Morgan fingerprint density at radius 1 is 1.29 bits per heavy atom. The molecule has 1 N–H and O–H groups in total. The highest BCUT2D eigenvalue weighted by atomic mass is 16.6. The summed E-state index contributed by atoms with van der Waals surface area (Å²) in [5, 5.41) is 3.58. The Kier molecular flexibility index (Phi) is 5.53. The molecule has 4 heteroatoms. The van der Waals surface area contributed by atoms with Gasteiger partial charge in [0.25, 0.3) is 0 Å². The number of nitrogens with zero attached hydrogens (tertiary/aromatic N) is 1. The van der Waals surface area contributed by atoms with Gasteiger partial charge in [-0.2, -0.15) is 0 Å². The van der Waals surface area contributed by atoms with E-state index in [0.717, 1.165) is 32.4 Å². The van der Waals surface area contributed by atoms with E-state index in [-0.39, 0.29) is 6.09 Å². The van der Waals surface area contributed by atoms with Crippen molar-refractivity contribution in [2.75, 3.05) is 13.1 Å². The van der Waals surface area contributed by atoms with Crippen molar-refractivity contribution in [3.05, 3.63) is 0 Å². The van der Waals surface area contributed by atoms with Gasteiger partial charge < -0.3 is 15.0 Å². The van der Waals surface area contributed by atoms with E-state index in [2.05, 4.69) is 12.2 Å². The van der Waals surface area contributed by atoms with E-state index in [9.17, 15) is 4.79 Å². The van der Waals surface area contributed by atoms with Crippen LogP contribution in [0.25, 0.3) is 0 Å². The van der Waals surface area contributed by atoms with Gasteiger partial charge in [-0.1, -0.05) is 19.8 Å². The molecule has 2 saturated heterocycles. The molecule has 0 spiro atoms. The van der Waals surface area contributed by atoms with Gasteiger partial charge in [-0.3, -0.25) is 0 Å². The first kappa shape index (κ1) is 16.6. The van der Waals surface area contributed by atoms with Crippen LogP contribution in [0.1, 0.15) is 66.2 Å². The predicted octanol–water partition coefficient (Wildman–Crippen LogP) is 3.55. The second kappa shape index (κ2) is 6.99. The van der Waals surface area contributed by atoms with Crippen molar-refractivity contribution < 1.29 is 9.53 Å². The van der Waals surface area contributed by atoms with Crippen LogP contribution in [-0.2, 0) is 4.74 Å². The molecule has 0 aromatic rings. The van der Waals surface area contributed by atoms with Crippen molar-refractivity contribution in [2.45, 2.75) is 83.9 Å². The lowest BCUT2D eigenvalue weighted by Crippen LogP contribution is -2.41. The maximum atomic E-state index is 12.4. The Balaban J connectivity index is 1.80. The van der Waals surface area contributed by atoms with Crippen LogP contribution in [-0.4, -0.2) is 41.8 Å². The number of amides is 1. The van der Waals surface area contributed by atoms with E-state index >= 15 is 0 Å². The average molecular weight is 296 g/mol. The van der Waals surface area contributed by atoms with E-state index in [4.69, 9.17) is 4.74 Å². The molecule has 2 bridgehead atoms. The van der Waals surface area contributed by atoms with E-state index in [1.54, 1.807) is 0 Å². The Bertz CT molecular complexity index is 351. The number of carbonyl (C=O) groups excluding carboxylic acids is 1. The third-order valence-corrected chi connectivity index (χ3v) is 4.63. The Morgan fingerprint density at radius 3 is 2.71 bits per heavy atom. The molecule has 3 atom stereocenters. The van der Waals surface area contributed by atoms with E-state index in [0.29, 0.717) is 18.0 Å². The van der Waals surface area contributed by atoms with Gasteiger partial charge in [0, 0.05) is 12.1 Å². The summed E-state index contributed by atoms with van der Waals surface area (Å²) in [6.07, 6.45) is 7.15. The van der Waals surface area contributed by atoms with Gasteiger partial charge in [-0.05, 0) is 65.5 Å². The van der Waals surface area contributed by atoms with Gasteiger partial charge in [0.2, 0.25) is 0 Å². The van der Waals surface area contributed by atoms with Gasteiger partial charge in [0.15, 0.2) is 0 Å². The fourth-order valence-electron chi connectivity index (χ4n) is 3.72. The molecular formula is C17H32N2O2. The highest BCUT2D eigenvalue weighted by Gasteiger charge is 2.49. The number of hydrogen-bond acceptors (Lipinski definition) is 3. The highest BCUT2D eigenvalue weighted by Crippen LogP contribution is 2.42. The Morgan fingerprint density at radius 2 is 2.05 bits per heavy atom. The van der Waals surface area contributed by atoms with Crippen LogP contribution >= 0.6 is 0 Å². The molecule has 0 aromatic heterocycles. The SMILES string of the molecule is CCCCCNCC1CC2CCC1N2C(=O)OC(C)(C)C. The van der Waals surface area contributed by atoms with Crippen molar-refractivity contribution in [1.82, 2.24) is 10.2 Å². The number of ether oxygens (including phenoxy) is 1. The zero-order chi connectivity index (χ0) is 15.5. The quantitative estimate of drug-likeness (QED) is 0.762. The van der Waals surface area contributed by atoms with Crippen molar-refractivity contribution >= 4 is 6.09 Å². The summed E-state index contributed by atoms with van der Waals surface area (Å²) >= 11 is 0. The van der Waals surface area contributed by atoms with Crippen LogP contribution in [0, 0.1) is 5.92 Å². The van der Waals surface area contributed by atoms with E-state index < -0.39 is 5.60 Å². The maximum Gasteiger partial charge on any atom is 0.410 e. The Labute approximate surface area is 129 Å². The molecule has 1 amide bonds. The maximum absolute atomic E-state index is 12.4. The standard InChI is InChI=1S/C17H32N2O2/c1-5-6-7-10-18-12-13-11-14-8-9-15(13)19(14)16(20)21-17(2,3)4/h13-15,18H,5-12H2,1-4H3. The molecule has 3 unspecified atom stereocenters. The highest BCUT2D eigenvalue weighted by molar-refractivity contribution is 5.70. The van der Waals surface area contributed by atoms with Gasteiger partial charge in [-0.25, -0.2) is 4.79 Å². The second-order valence-corrected chi connectivity index (χ2v) is 7.59. The molecule has 2 aliphatic heterocycles. The van der Waals surface area contributed by atoms with Crippen LogP contribution in [0.15, 0.2) is 0 Å². The summed E-state index contributed by atoms with van der Waals surface area (Å²) in [7, 11) is 0. The fourth-order valence-corrected chi connectivity index (χ4v) is 3.72. The summed E-state index contributed by atoms with van der Waals surface area (Å²) in [5.41, 5.74) is -0.396. The molecule has 0 aromatic carbocycles. The van der Waals surface area contributed by atoms with Crippen LogP contribution < -0.4 is 5.32 Å². The predicted molar refractivity (Wildman–Crippen MR) is 85.4 cm³/mol. The number of unbranched alkanes of at least 4 members (excludes halogenated alkanes) is 2. The molecule has 2 rings (SSSR count). The van der Waals surface area contributed by atoms with Crippen molar-refractivity contribution in [3.8, 4) is 0 Å². The molecule has 0 aliphatic carbocycles. The van der Waals surface area contributed by atoms with Crippen molar-refractivity contribution in [1.29, 1.82) is 0 Å². The summed E-state index contributed by atoms with van der Waals surface area (Å²) in [6, 6.07) is 0.802. The molecule has 0 saturated carbocycles. The second-order valence-electron chi connectivity index (χ2n) is 7.59. The minimum Gasteiger partial charge on any atom is -0.444 e. The Hall–Kier alpha value is -0.770. The molecule has 122 valence electrons. The van der Waals surface area contributed by atoms with Crippen molar-refractivity contribution in [2.24, 2.45) is 5.92 Å². The number of carbonyl (C=O) groups is 1. The molecular weight excluding hydrogens is 264 g/mol. The first-order chi connectivity index (χ1) is 9.92. The lowest BCUT2D eigenvalue weighted by atomic mass is 9.89.